The summed E-state index contributed by atoms with van der Waals surface area (Å²) in [6.45, 7) is 2.07. The molecule has 0 radical (unpaired) electrons. The molecule has 2 aliphatic rings. The van der Waals surface area contributed by atoms with Gasteiger partial charge in [0.25, 0.3) is 0 Å². The fraction of sp³-hybridized carbons (Fsp3) is 0.833. The zero-order valence-electron chi connectivity index (χ0n) is 4.71. The van der Waals surface area contributed by atoms with E-state index in [0.717, 1.165) is 31.3 Å². The number of carbonyl (C=O) groups is 1. The van der Waals surface area contributed by atoms with Crippen LogP contribution in [-0.4, -0.2) is 24.4 Å². The van der Waals surface area contributed by atoms with E-state index in [2.05, 4.69) is 0 Å². The molecule has 2 atom stereocenters. The lowest BCUT2D eigenvalue weighted by Crippen LogP contribution is -2.19. The molecule has 2 nitrogen and oxygen atoms in total. The van der Waals surface area contributed by atoms with Gasteiger partial charge in [-0.05, 0) is 18.3 Å². The van der Waals surface area contributed by atoms with Crippen LogP contribution in [0.1, 0.15) is 6.42 Å². The topological polar surface area (TPSA) is 20.3 Å². The van der Waals surface area contributed by atoms with Crippen molar-refractivity contribution >= 4 is 6.41 Å². The van der Waals surface area contributed by atoms with Crippen LogP contribution >= 0.6 is 0 Å². The zero-order chi connectivity index (χ0) is 5.56. The van der Waals surface area contributed by atoms with E-state index >= 15 is 0 Å². The van der Waals surface area contributed by atoms with Gasteiger partial charge < -0.3 is 4.90 Å². The van der Waals surface area contributed by atoms with E-state index in [-0.39, 0.29) is 0 Å². The molecule has 0 aromatic rings. The molecule has 1 saturated heterocycles. The first-order valence-electron chi connectivity index (χ1n) is 3.09. The second kappa shape index (κ2) is 1.24. The molecule has 1 aliphatic carbocycles. The smallest absolute Gasteiger partial charge is 0.209 e. The predicted molar refractivity (Wildman–Crippen MR) is 29.2 cm³/mol. The molecule has 2 fully saturated rings. The molecule has 1 aliphatic heterocycles. The number of amides is 1. The van der Waals surface area contributed by atoms with E-state index in [1.807, 2.05) is 4.90 Å². The molecule has 44 valence electrons. The molecule has 2 rings (SSSR count). The summed E-state index contributed by atoms with van der Waals surface area (Å²) in [4.78, 5) is 12.0. The van der Waals surface area contributed by atoms with Crippen molar-refractivity contribution in [2.24, 2.45) is 11.8 Å². The minimum atomic E-state index is 0.889. The summed E-state index contributed by atoms with van der Waals surface area (Å²) in [6.07, 6.45) is 2.34. The number of likely N-dealkylation sites (tertiary alicyclic amines) is 1. The summed E-state index contributed by atoms with van der Waals surface area (Å²) in [5.41, 5.74) is 0. The van der Waals surface area contributed by atoms with Gasteiger partial charge in [-0.3, -0.25) is 4.79 Å². The van der Waals surface area contributed by atoms with Crippen LogP contribution < -0.4 is 0 Å². The minimum absolute atomic E-state index is 0.889. The Morgan fingerprint density at radius 2 is 2.00 bits per heavy atom. The molecule has 0 aromatic carbocycles. The van der Waals surface area contributed by atoms with E-state index in [0.29, 0.717) is 0 Å². The van der Waals surface area contributed by atoms with E-state index in [1.54, 1.807) is 0 Å². The highest BCUT2D eigenvalue weighted by molar-refractivity contribution is 5.48. The highest BCUT2D eigenvalue weighted by Crippen LogP contribution is 2.44. The average Bonchev–Trinajstić information content (AvgIpc) is 2.40. The van der Waals surface area contributed by atoms with Crippen molar-refractivity contribution in [3.05, 3.63) is 0 Å². The highest BCUT2D eigenvalue weighted by Gasteiger charge is 2.44. The van der Waals surface area contributed by atoms with Crippen molar-refractivity contribution in [1.29, 1.82) is 0 Å². The normalized spacial score (nSPS) is 41.8. The molecule has 8 heavy (non-hydrogen) atoms. The van der Waals surface area contributed by atoms with Crippen molar-refractivity contribution in [3.8, 4) is 0 Å². The number of fused-ring (bicyclic) bond motifs is 1. The molecule has 1 amide bonds. The van der Waals surface area contributed by atoms with Gasteiger partial charge in [0, 0.05) is 13.1 Å². The summed E-state index contributed by atoms with van der Waals surface area (Å²) < 4.78 is 0. The van der Waals surface area contributed by atoms with Crippen LogP contribution in [0.4, 0.5) is 0 Å². The third-order valence-corrected chi connectivity index (χ3v) is 2.16. The molecular weight excluding hydrogens is 102 g/mol. The van der Waals surface area contributed by atoms with Gasteiger partial charge in [-0.2, -0.15) is 0 Å². The number of piperidine rings is 1. The van der Waals surface area contributed by atoms with Crippen LogP contribution in [0.5, 0.6) is 0 Å². The third-order valence-electron chi connectivity index (χ3n) is 2.16. The van der Waals surface area contributed by atoms with Crippen LogP contribution in [0.15, 0.2) is 0 Å². The van der Waals surface area contributed by atoms with Crippen LogP contribution in [0.2, 0.25) is 0 Å². The maximum atomic E-state index is 10.1. The quantitative estimate of drug-likeness (QED) is 0.439. The van der Waals surface area contributed by atoms with Gasteiger partial charge in [0.05, 0.1) is 0 Å². The first-order chi connectivity index (χ1) is 3.90. The van der Waals surface area contributed by atoms with E-state index in [9.17, 15) is 4.79 Å². The predicted octanol–water partition coefficient (Wildman–Crippen LogP) is 0.0945. The average molecular weight is 111 g/mol. The Morgan fingerprint density at radius 1 is 1.38 bits per heavy atom. The Labute approximate surface area is 48.5 Å². The maximum absolute atomic E-state index is 10.1. The summed E-state index contributed by atoms with van der Waals surface area (Å²) in [5, 5.41) is 0. The molecule has 0 bridgehead atoms. The van der Waals surface area contributed by atoms with E-state index in [4.69, 9.17) is 0 Å². The first-order valence-corrected chi connectivity index (χ1v) is 3.09. The molecule has 0 spiro atoms. The number of hydrogen-bond donors (Lipinski definition) is 0. The first kappa shape index (κ1) is 4.36. The van der Waals surface area contributed by atoms with Crippen LogP contribution in [0.3, 0.4) is 0 Å². The molecular formula is C6H9NO. The molecule has 2 unspecified atom stereocenters. The van der Waals surface area contributed by atoms with Crippen molar-refractivity contribution in [3.63, 3.8) is 0 Å². The standard InChI is InChI=1S/C6H9NO/c8-4-7-2-5-1-6(5)3-7/h4-6H,1-3H2. The SMILES string of the molecule is O=CN1CC2CC2C1. The van der Waals surface area contributed by atoms with Gasteiger partial charge in [0.2, 0.25) is 6.41 Å². The maximum Gasteiger partial charge on any atom is 0.209 e. The number of nitrogens with zero attached hydrogens (tertiary/aromatic N) is 1. The molecule has 2 heteroatoms. The van der Waals surface area contributed by atoms with Gasteiger partial charge >= 0.3 is 0 Å². The Balaban J connectivity index is 1.98. The van der Waals surface area contributed by atoms with Gasteiger partial charge in [0.15, 0.2) is 0 Å². The Morgan fingerprint density at radius 3 is 2.38 bits per heavy atom. The largest absolute Gasteiger partial charge is 0.345 e. The fourth-order valence-corrected chi connectivity index (χ4v) is 1.52. The molecule has 1 saturated carbocycles. The summed E-state index contributed by atoms with van der Waals surface area (Å²) >= 11 is 0. The number of hydrogen-bond acceptors (Lipinski definition) is 1. The van der Waals surface area contributed by atoms with E-state index < -0.39 is 0 Å². The van der Waals surface area contributed by atoms with Gasteiger partial charge in [-0.25, -0.2) is 0 Å². The van der Waals surface area contributed by atoms with E-state index in [1.165, 1.54) is 6.42 Å². The second-order valence-corrected chi connectivity index (χ2v) is 2.82. The fourth-order valence-electron chi connectivity index (χ4n) is 1.52. The number of rotatable bonds is 1. The lowest BCUT2D eigenvalue weighted by Gasteiger charge is -2.08. The van der Waals surface area contributed by atoms with Crippen LogP contribution in [0.25, 0.3) is 0 Å². The van der Waals surface area contributed by atoms with Gasteiger partial charge in [0.1, 0.15) is 0 Å². The van der Waals surface area contributed by atoms with Crippen molar-refractivity contribution in [2.75, 3.05) is 13.1 Å². The van der Waals surface area contributed by atoms with Gasteiger partial charge in [-0.1, -0.05) is 0 Å². The molecule has 0 aromatic heterocycles. The molecule has 0 N–H and O–H groups in total. The lowest BCUT2D eigenvalue weighted by atomic mass is 10.4. The number of carbonyl (C=O) groups excluding carboxylic acids is 1. The van der Waals surface area contributed by atoms with Crippen molar-refractivity contribution in [1.82, 2.24) is 4.90 Å². The minimum Gasteiger partial charge on any atom is -0.345 e. The van der Waals surface area contributed by atoms with Crippen LogP contribution in [0, 0.1) is 11.8 Å². The Bertz CT molecular complexity index is 114. The summed E-state index contributed by atoms with van der Waals surface area (Å²) in [7, 11) is 0. The molecule has 1 heterocycles. The van der Waals surface area contributed by atoms with Crippen molar-refractivity contribution < 1.29 is 4.79 Å². The third kappa shape index (κ3) is 0.457. The van der Waals surface area contributed by atoms with Crippen LogP contribution in [-0.2, 0) is 4.79 Å². The van der Waals surface area contributed by atoms with Crippen molar-refractivity contribution in [2.45, 2.75) is 6.42 Å². The Hall–Kier alpha value is -0.530. The monoisotopic (exact) mass is 111 g/mol. The highest BCUT2D eigenvalue weighted by atomic mass is 16.1. The Kier molecular flexibility index (Phi) is 0.678. The lowest BCUT2D eigenvalue weighted by molar-refractivity contribution is -0.117. The summed E-state index contributed by atoms with van der Waals surface area (Å²) in [6, 6.07) is 0. The van der Waals surface area contributed by atoms with Gasteiger partial charge in [-0.15, -0.1) is 0 Å². The zero-order valence-corrected chi connectivity index (χ0v) is 4.71. The second-order valence-electron chi connectivity index (χ2n) is 2.82. The summed E-state index contributed by atoms with van der Waals surface area (Å²) in [5.74, 6) is 1.78.